The summed E-state index contributed by atoms with van der Waals surface area (Å²) >= 11 is 0. The van der Waals surface area contributed by atoms with E-state index >= 15 is 0 Å². The molecular weight excluding hydrogens is 371 g/mol. The lowest BCUT2D eigenvalue weighted by molar-refractivity contribution is -0.131. The topological polar surface area (TPSA) is 57.7 Å². The molecule has 1 aliphatic heterocycles. The van der Waals surface area contributed by atoms with Crippen molar-refractivity contribution in [3.8, 4) is 5.75 Å². The Morgan fingerprint density at radius 1 is 1.21 bits per heavy atom. The molecule has 1 aromatic heterocycles. The van der Waals surface area contributed by atoms with Crippen LogP contribution in [0.2, 0.25) is 0 Å². The van der Waals surface area contributed by atoms with E-state index in [1.807, 2.05) is 29.2 Å². The van der Waals surface area contributed by atoms with Crippen LogP contribution in [0.1, 0.15) is 23.5 Å². The van der Waals surface area contributed by atoms with E-state index in [1.54, 1.807) is 12.1 Å². The predicted molar refractivity (Wildman–Crippen MR) is 108 cm³/mol. The molecule has 7 heteroatoms. The number of likely N-dealkylation sites (N-methyl/N-ethyl adjacent to an activating group) is 1. The van der Waals surface area contributed by atoms with Crippen LogP contribution in [0.15, 0.2) is 42.6 Å². The third-order valence-corrected chi connectivity index (χ3v) is 5.70. The van der Waals surface area contributed by atoms with Crippen molar-refractivity contribution in [2.45, 2.75) is 25.0 Å². The molecule has 2 heterocycles. The number of ether oxygens (including phenoxy) is 1. The SMILES string of the molecule is CN1CCN(C(=O)CN[C@@H]2C[C@H]2c2ccccc2OCc2cccnc2F)CC1. The van der Waals surface area contributed by atoms with Crippen LogP contribution in [0.5, 0.6) is 5.75 Å². The number of hydrogen-bond acceptors (Lipinski definition) is 5. The molecule has 29 heavy (non-hydrogen) atoms. The van der Waals surface area contributed by atoms with Gasteiger partial charge >= 0.3 is 0 Å². The van der Waals surface area contributed by atoms with Gasteiger partial charge in [-0.15, -0.1) is 0 Å². The monoisotopic (exact) mass is 398 g/mol. The first-order valence-corrected chi connectivity index (χ1v) is 10.1. The third kappa shape index (κ3) is 4.92. The van der Waals surface area contributed by atoms with Gasteiger partial charge in [-0.3, -0.25) is 4.79 Å². The molecule has 1 N–H and O–H groups in total. The Balaban J connectivity index is 1.30. The summed E-state index contributed by atoms with van der Waals surface area (Å²) in [7, 11) is 2.08. The highest BCUT2D eigenvalue weighted by atomic mass is 19.1. The highest BCUT2D eigenvalue weighted by molar-refractivity contribution is 5.78. The van der Waals surface area contributed by atoms with E-state index in [0.717, 1.165) is 43.9 Å². The Kier molecular flexibility index (Phi) is 6.06. The normalized spacial score (nSPS) is 21.8. The minimum atomic E-state index is -0.502. The van der Waals surface area contributed by atoms with E-state index in [0.29, 0.717) is 18.0 Å². The van der Waals surface area contributed by atoms with Gasteiger partial charge in [0.1, 0.15) is 12.4 Å². The van der Waals surface area contributed by atoms with Crippen molar-refractivity contribution >= 4 is 5.91 Å². The molecule has 2 aliphatic rings. The molecule has 4 rings (SSSR count). The Labute approximate surface area is 170 Å². The maximum Gasteiger partial charge on any atom is 0.236 e. The summed E-state index contributed by atoms with van der Waals surface area (Å²) in [6.45, 7) is 3.97. The number of nitrogens with zero attached hydrogens (tertiary/aromatic N) is 3. The molecule has 0 unspecified atom stereocenters. The molecule has 1 aliphatic carbocycles. The van der Waals surface area contributed by atoms with Crippen molar-refractivity contribution in [1.29, 1.82) is 0 Å². The van der Waals surface area contributed by atoms with Crippen LogP contribution in [-0.4, -0.2) is 66.5 Å². The molecular formula is C22H27FN4O2. The number of carbonyl (C=O) groups excluding carboxylic acids is 1. The van der Waals surface area contributed by atoms with Gasteiger partial charge in [0.25, 0.3) is 0 Å². The fraction of sp³-hybridized carbons (Fsp3) is 0.455. The number of carbonyl (C=O) groups is 1. The summed E-state index contributed by atoms with van der Waals surface area (Å²) < 4.78 is 19.6. The standard InChI is InChI=1S/C22H27FN4O2/c1-26-9-11-27(12-10-26)21(28)14-25-19-13-18(19)17-6-2-3-7-20(17)29-15-16-5-4-8-24-22(16)23/h2-8,18-19,25H,9-15H2,1H3/t18-,19+/m0/s1. The van der Waals surface area contributed by atoms with Crippen molar-refractivity contribution < 1.29 is 13.9 Å². The zero-order valence-corrected chi connectivity index (χ0v) is 16.7. The van der Waals surface area contributed by atoms with Crippen molar-refractivity contribution in [2.75, 3.05) is 39.8 Å². The zero-order valence-electron chi connectivity index (χ0n) is 16.7. The van der Waals surface area contributed by atoms with Gasteiger partial charge in [0.2, 0.25) is 11.9 Å². The van der Waals surface area contributed by atoms with E-state index in [1.165, 1.54) is 6.20 Å². The molecule has 1 amide bonds. The average molecular weight is 398 g/mol. The van der Waals surface area contributed by atoms with Crippen molar-refractivity contribution in [2.24, 2.45) is 0 Å². The number of hydrogen-bond donors (Lipinski definition) is 1. The van der Waals surface area contributed by atoms with E-state index in [2.05, 4.69) is 22.2 Å². The van der Waals surface area contributed by atoms with E-state index in [4.69, 9.17) is 4.74 Å². The highest BCUT2D eigenvalue weighted by Gasteiger charge is 2.40. The molecule has 1 saturated carbocycles. The molecule has 1 saturated heterocycles. The van der Waals surface area contributed by atoms with Crippen LogP contribution in [-0.2, 0) is 11.4 Å². The average Bonchev–Trinajstić information content (AvgIpc) is 3.52. The number of benzene rings is 1. The largest absolute Gasteiger partial charge is 0.488 e. The van der Waals surface area contributed by atoms with Gasteiger partial charge < -0.3 is 19.9 Å². The second-order valence-electron chi connectivity index (χ2n) is 7.79. The summed E-state index contributed by atoms with van der Waals surface area (Å²) in [6, 6.07) is 11.5. The molecule has 0 radical (unpaired) electrons. The fourth-order valence-corrected chi connectivity index (χ4v) is 3.75. The van der Waals surface area contributed by atoms with Crippen LogP contribution in [0.25, 0.3) is 0 Å². The number of amides is 1. The molecule has 2 aromatic rings. The third-order valence-electron chi connectivity index (χ3n) is 5.70. The summed E-state index contributed by atoms with van der Waals surface area (Å²) in [5.74, 6) is 0.736. The number of rotatable bonds is 7. The Morgan fingerprint density at radius 3 is 2.79 bits per heavy atom. The molecule has 2 atom stereocenters. The molecule has 6 nitrogen and oxygen atoms in total. The number of piperazine rings is 1. The predicted octanol–water partition coefficient (Wildman–Crippen LogP) is 2.02. The minimum absolute atomic E-state index is 0.142. The number of pyridine rings is 1. The Bertz CT molecular complexity index is 854. The molecule has 2 fully saturated rings. The van der Waals surface area contributed by atoms with E-state index in [-0.39, 0.29) is 18.6 Å². The van der Waals surface area contributed by atoms with Gasteiger partial charge in [-0.25, -0.2) is 4.98 Å². The van der Waals surface area contributed by atoms with Gasteiger partial charge in [-0.1, -0.05) is 18.2 Å². The maximum atomic E-state index is 13.7. The van der Waals surface area contributed by atoms with E-state index in [9.17, 15) is 9.18 Å². The number of nitrogens with one attached hydrogen (secondary N) is 1. The van der Waals surface area contributed by atoms with Crippen molar-refractivity contribution in [1.82, 2.24) is 20.1 Å². The quantitative estimate of drug-likeness (QED) is 0.724. The number of para-hydroxylation sites is 1. The molecule has 0 spiro atoms. The van der Waals surface area contributed by atoms with Crippen molar-refractivity contribution in [3.63, 3.8) is 0 Å². The summed E-state index contributed by atoms with van der Waals surface area (Å²) in [4.78, 5) is 20.3. The first kappa shape index (κ1) is 19.8. The lowest BCUT2D eigenvalue weighted by Crippen LogP contribution is -2.49. The molecule has 1 aromatic carbocycles. The van der Waals surface area contributed by atoms with Gasteiger partial charge in [0.05, 0.1) is 6.54 Å². The Morgan fingerprint density at radius 2 is 2.00 bits per heavy atom. The summed E-state index contributed by atoms with van der Waals surface area (Å²) in [6.07, 6.45) is 2.40. The second-order valence-corrected chi connectivity index (χ2v) is 7.79. The first-order chi connectivity index (χ1) is 14.1. The summed E-state index contributed by atoms with van der Waals surface area (Å²) in [5.41, 5.74) is 1.53. The van der Waals surface area contributed by atoms with Gasteiger partial charge in [-0.05, 0) is 37.2 Å². The van der Waals surface area contributed by atoms with Crippen LogP contribution >= 0.6 is 0 Å². The van der Waals surface area contributed by atoms with Gasteiger partial charge in [0.15, 0.2) is 0 Å². The first-order valence-electron chi connectivity index (χ1n) is 10.1. The Hall–Kier alpha value is -2.51. The minimum Gasteiger partial charge on any atom is -0.488 e. The van der Waals surface area contributed by atoms with Gasteiger partial charge in [-0.2, -0.15) is 4.39 Å². The maximum absolute atomic E-state index is 13.7. The lowest BCUT2D eigenvalue weighted by atomic mass is 10.1. The number of aromatic nitrogens is 1. The lowest BCUT2D eigenvalue weighted by Gasteiger charge is -2.32. The molecule has 0 bridgehead atoms. The van der Waals surface area contributed by atoms with Gasteiger partial charge in [0, 0.05) is 49.9 Å². The van der Waals surface area contributed by atoms with Crippen LogP contribution in [0, 0.1) is 5.95 Å². The zero-order chi connectivity index (χ0) is 20.2. The summed E-state index contributed by atoms with van der Waals surface area (Å²) in [5, 5.41) is 3.39. The highest BCUT2D eigenvalue weighted by Crippen LogP contribution is 2.44. The van der Waals surface area contributed by atoms with Crippen LogP contribution in [0.4, 0.5) is 4.39 Å². The molecule has 154 valence electrons. The smallest absolute Gasteiger partial charge is 0.236 e. The second kappa shape index (κ2) is 8.88. The number of halogens is 1. The van der Waals surface area contributed by atoms with Crippen LogP contribution in [0.3, 0.4) is 0 Å². The van der Waals surface area contributed by atoms with E-state index < -0.39 is 5.95 Å². The van der Waals surface area contributed by atoms with Crippen molar-refractivity contribution in [3.05, 3.63) is 59.7 Å². The van der Waals surface area contributed by atoms with Crippen LogP contribution < -0.4 is 10.1 Å². The fourth-order valence-electron chi connectivity index (χ4n) is 3.75.